The number of carbonyl (C=O) groups is 1. The van der Waals surface area contributed by atoms with Crippen LogP contribution in [0.1, 0.15) is 0 Å². The molecule has 0 spiro atoms. The first kappa shape index (κ1) is 23.3. The van der Waals surface area contributed by atoms with E-state index in [1.165, 1.54) is 58.6 Å². The zero-order valence-electron chi connectivity index (χ0n) is 18.7. The first-order valence-corrected chi connectivity index (χ1v) is 11.8. The number of anilines is 1. The zero-order chi connectivity index (χ0) is 25.1. The third-order valence-electron chi connectivity index (χ3n) is 5.42. The van der Waals surface area contributed by atoms with E-state index in [-0.39, 0.29) is 18.2 Å². The van der Waals surface area contributed by atoms with E-state index in [1.54, 1.807) is 41.8 Å². The normalized spacial score (nSPS) is 10.8. The molecule has 0 fully saturated rings. The molecule has 1 amide bonds. The Morgan fingerprint density at radius 1 is 0.917 bits per heavy atom. The highest BCUT2D eigenvalue weighted by Gasteiger charge is 2.15. The Hall–Kier alpha value is -4.50. The number of benzene rings is 3. The molecular weight excluding hydrogens is 482 g/mol. The Morgan fingerprint density at radius 3 is 2.39 bits per heavy atom. The van der Waals surface area contributed by atoms with Gasteiger partial charge in [-0.3, -0.25) is 14.2 Å². The second-order valence-electron chi connectivity index (χ2n) is 7.86. The summed E-state index contributed by atoms with van der Waals surface area (Å²) >= 11 is 1.31. The third-order valence-corrected chi connectivity index (χ3v) is 6.29. The molecule has 2 aromatic heterocycles. The van der Waals surface area contributed by atoms with E-state index in [9.17, 15) is 18.4 Å². The van der Waals surface area contributed by atoms with Gasteiger partial charge < -0.3 is 5.32 Å². The smallest absolute Gasteiger partial charge is 0.254 e. The van der Waals surface area contributed by atoms with Gasteiger partial charge in [-0.05, 0) is 42.5 Å². The second-order valence-corrected chi connectivity index (χ2v) is 8.72. The predicted molar refractivity (Wildman–Crippen MR) is 135 cm³/mol. The number of para-hydroxylation sites is 1. The summed E-state index contributed by atoms with van der Waals surface area (Å²) in [7, 11) is 0. The molecule has 5 rings (SSSR count). The Balaban J connectivity index is 1.34. The molecule has 5 aromatic rings. The molecule has 1 N–H and O–H groups in total. The fourth-order valence-electron chi connectivity index (χ4n) is 3.64. The molecule has 0 saturated carbocycles. The Kier molecular flexibility index (Phi) is 6.46. The first-order chi connectivity index (χ1) is 17.5. The van der Waals surface area contributed by atoms with Crippen LogP contribution < -0.4 is 10.9 Å². The first-order valence-electron chi connectivity index (χ1n) is 10.9. The number of halogens is 2. The zero-order valence-corrected chi connectivity index (χ0v) is 19.5. The molecule has 0 saturated heterocycles. The van der Waals surface area contributed by atoms with E-state index in [0.29, 0.717) is 38.8 Å². The van der Waals surface area contributed by atoms with Gasteiger partial charge >= 0.3 is 0 Å². The average Bonchev–Trinajstić information content (AvgIpc) is 3.36. The summed E-state index contributed by atoms with van der Waals surface area (Å²) in [5.41, 5.74) is 2.75. The van der Waals surface area contributed by atoms with Crippen LogP contribution in [-0.2, 0) is 11.3 Å². The van der Waals surface area contributed by atoms with Crippen molar-refractivity contribution in [3.63, 3.8) is 0 Å². The van der Waals surface area contributed by atoms with E-state index in [2.05, 4.69) is 15.3 Å². The van der Waals surface area contributed by atoms with Gasteiger partial charge in [0, 0.05) is 28.1 Å². The second kappa shape index (κ2) is 10.0. The number of nitrogens with zero attached hydrogens (tertiary/aromatic N) is 3. The molecule has 6 nitrogen and oxygen atoms in total. The van der Waals surface area contributed by atoms with Gasteiger partial charge in [0.15, 0.2) is 0 Å². The van der Waals surface area contributed by atoms with Gasteiger partial charge in [0.05, 0.1) is 23.4 Å². The number of nitrogens with one attached hydrogen (secondary N) is 1. The van der Waals surface area contributed by atoms with E-state index in [4.69, 9.17) is 0 Å². The summed E-state index contributed by atoms with van der Waals surface area (Å²) in [6.45, 7) is -0.249. The minimum Gasteiger partial charge on any atom is -0.324 e. The maximum atomic E-state index is 14.2. The highest BCUT2D eigenvalue weighted by molar-refractivity contribution is 7.13. The molecule has 9 heteroatoms. The SMILES string of the molecule is O=C(Cn1cnc(-c2ccc(F)cc2)cc1=O)Nc1ccccc1-c1csc(-c2ccccc2F)n1. The number of hydrogen-bond acceptors (Lipinski definition) is 5. The van der Waals surface area contributed by atoms with Crippen molar-refractivity contribution in [3.05, 3.63) is 113 Å². The van der Waals surface area contributed by atoms with E-state index >= 15 is 0 Å². The number of rotatable bonds is 6. The number of aromatic nitrogens is 3. The van der Waals surface area contributed by atoms with E-state index in [1.807, 2.05) is 6.07 Å². The molecule has 178 valence electrons. The lowest BCUT2D eigenvalue weighted by Crippen LogP contribution is -2.27. The van der Waals surface area contributed by atoms with Crippen LogP contribution in [0, 0.1) is 11.6 Å². The van der Waals surface area contributed by atoms with Crippen molar-refractivity contribution in [2.24, 2.45) is 0 Å². The minimum atomic E-state index is -0.426. The van der Waals surface area contributed by atoms with Crippen molar-refractivity contribution in [3.8, 4) is 33.1 Å². The van der Waals surface area contributed by atoms with Gasteiger partial charge in [0.25, 0.3) is 5.56 Å². The number of hydrogen-bond donors (Lipinski definition) is 1. The van der Waals surface area contributed by atoms with Crippen LogP contribution >= 0.6 is 11.3 Å². The lowest BCUT2D eigenvalue weighted by Gasteiger charge is -2.11. The van der Waals surface area contributed by atoms with Crippen LogP contribution in [-0.4, -0.2) is 20.4 Å². The average molecular weight is 501 g/mol. The Bertz CT molecular complexity index is 1610. The van der Waals surface area contributed by atoms with Crippen molar-refractivity contribution in [1.82, 2.24) is 14.5 Å². The number of carbonyl (C=O) groups excluding carboxylic acids is 1. The Morgan fingerprint density at radius 2 is 1.64 bits per heavy atom. The molecule has 0 atom stereocenters. The topological polar surface area (TPSA) is 76.9 Å². The molecule has 0 radical (unpaired) electrons. The van der Waals surface area contributed by atoms with Crippen molar-refractivity contribution >= 4 is 22.9 Å². The molecular formula is C27H18F2N4O2S. The van der Waals surface area contributed by atoms with Crippen LogP contribution in [0.25, 0.3) is 33.1 Å². The quantitative estimate of drug-likeness (QED) is 0.328. The van der Waals surface area contributed by atoms with Crippen molar-refractivity contribution in [2.75, 3.05) is 5.32 Å². The van der Waals surface area contributed by atoms with Crippen LogP contribution in [0.4, 0.5) is 14.5 Å². The number of thiazole rings is 1. The maximum absolute atomic E-state index is 14.2. The van der Waals surface area contributed by atoms with E-state index in [0.717, 1.165) is 0 Å². The van der Waals surface area contributed by atoms with Crippen molar-refractivity contribution in [2.45, 2.75) is 6.54 Å². The maximum Gasteiger partial charge on any atom is 0.254 e. The third kappa shape index (κ3) is 4.96. The molecule has 0 aliphatic carbocycles. The molecule has 0 aliphatic heterocycles. The highest BCUT2D eigenvalue weighted by atomic mass is 32.1. The summed E-state index contributed by atoms with van der Waals surface area (Å²) in [5, 5.41) is 5.15. The molecule has 36 heavy (non-hydrogen) atoms. The van der Waals surface area contributed by atoms with Gasteiger partial charge in [-0.25, -0.2) is 18.7 Å². The molecule has 0 bridgehead atoms. The standard InChI is InChI=1S/C27H18F2N4O2S/c28-18-11-9-17(10-12-18)23-13-26(35)33(16-30-23)14-25(34)31-22-8-4-2-6-20(22)24-15-36-27(32-24)19-5-1-3-7-21(19)29/h1-13,15-16H,14H2,(H,31,34). The Labute approximate surface area is 208 Å². The predicted octanol–water partition coefficient (Wildman–Crippen LogP) is 5.62. The summed E-state index contributed by atoms with van der Waals surface area (Å²) < 4.78 is 28.5. The monoisotopic (exact) mass is 500 g/mol. The van der Waals surface area contributed by atoms with Gasteiger partial charge in [0.1, 0.15) is 23.2 Å². The lowest BCUT2D eigenvalue weighted by molar-refractivity contribution is -0.116. The summed E-state index contributed by atoms with van der Waals surface area (Å²) in [5.74, 6) is -1.17. The fourth-order valence-corrected chi connectivity index (χ4v) is 4.49. The van der Waals surface area contributed by atoms with Gasteiger partial charge in [-0.2, -0.15) is 0 Å². The summed E-state index contributed by atoms with van der Waals surface area (Å²) in [6, 6.07) is 20.5. The largest absolute Gasteiger partial charge is 0.324 e. The van der Waals surface area contributed by atoms with Gasteiger partial charge in [-0.15, -0.1) is 11.3 Å². The van der Waals surface area contributed by atoms with Crippen LogP contribution in [0.5, 0.6) is 0 Å². The molecule has 0 unspecified atom stereocenters. The van der Waals surface area contributed by atoms with Crippen LogP contribution in [0.2, 0.25) is 0 Å². The minimum absolute atomic E-state index is 0.249. The van der Waals surface area contributed by atoms with Crippen LogP contribution in [0.15, 0.2) is 95.4 Å². The fraction of sp³-hybridized carbons (Fsp3) is 0.0370. The molecule has 0 aliphatic rings. The molecule has 3 aromatic carbocycles. The van der Waals surface area contributed by atoms with Crippen molar-refractivity contribution in [1.29, 1.82) is 0 Å². The van der Waals surface area contributed by atoms with Gasteiger partial charge in [0.2, 0.25) is 5.91 Å². The van der Waals surface area contributed by atoms with E-state index < -0.39 is 11.5 Å². The van der Waals surface area contributed by atoms with Crippen molar-refractivity contribution < 1.29 is 13.6 Å². The van der Waals surface area contributed by atoms with Crippen LogP contribution in [0.3, 0.4) is 0 Å². The number of amides is 1. The lowest BCUT2D eigenvalue weighted by atomic mass is 10.1. The highest BCUT2D eigenvalue weighted by Crippen LogP contribution is 2.33. The summed E-state index contributed by atoms with van der Waals surface area (Å²) in [6.07, 6.45) is 1.29. The molecule has 2 heterocycles. The van der Waals surface area contributed by atoms with Gasteiger partial charge in [-0.1, -0.05) is 30.3 Å². The summed E-state index contributed by atoms with van der Waals surface area (Å²) in [4.78, 5) is 34.1.